The van der Waals surface area contributed by atoms with Gasteiger partial charge in [-0.2, -0.15) is 0 Å². The van der Waals surface area contributed by atoms with Crippen LogP contribution in [0.4, 0.5) is 14.6 Å². The molecule has 3 aromatic rings. The molecule has 282 valence electrons. The first kappa shape index (κ1) is 50.5. The van der Waals surface area contributed by atoms with Crippen molar-refractivity contribution in [1.29, 1.82) is 0 Å². The van der Waals surface area contributed by atoms with Gasteiger partial charge in [0.25, 0.3) is 0 Å². The average Bonchev–Trinajstić information content (AvgIpc) is 3.10. The largest absolute Gasteiger partial charge is 0.383 e. The molecule has 0 aliphatic heterocycles. The van der Waals surface area contributed by atoms with Crippen LogP contribution in [0.2, 0.25) is 0 Å². The van der Waals surface area contributed by atoms with Gasteiger partial charge in [-0.3, -0.25) is 4.79 Å². The number of hydrogen-bond donors (Lipinski definition) is 2. The van der Waals surface area contributed by atoms with Gasteiger partial charge in [0.2, 0.25) is 6.41 Å². The lowest BCUT2D eigenvalue weighted by Gasteiger charge is -2.18. The van der Waals surface area contributed by atoms with E-state index >= 15 is 0 Å². The van der Waals surface area contributed by atoms with Crippen LogP contribution in [0.15, 0.2) is 43.0 Å². The summed E-state index contributed by atoms with van der Waals surface area (Å²) in [7, 11) is 0. The molecule has 3 rings (SSSR count). The van der Waals surface area contributed by atoms with Crippen LogP contribution in [0.25, 0.3) is 29.1 Å². The highest BCUT2D eigenvalue weighted by molar-refractivity contribution is 5.89. The molecule has 1 aromatic heterocycles. The predicted molar refractivity (Wildman–Crippen MR) is 218 cm³/mol. The van der Waals surface area contributed by atoms with E-state index in [2.05, 4.69) is 82.6 Å². The van der Waals surface area contributed by atoms with Gasteiger partial charge in [-0.15, -0.1) is 0 Å². The number of aromatic nitrogens is 2. The maximum Gasteiger partial charge on any atom is 0.212 e. The molecule has 1 atom stereocenters. The fourth-order valence-electron chi connectivity index (χ4n) is 3.99. The van der Waals surface area contributed by atoms with Crippen LogP contribution in [0.3, 0.4) is 0 Å². The third-order valence-corrected chi connectivity index (χ3v) is 6.50. The molecule has 0 aliphatic rings. The van der Waals surface area contributed by atoms with E-state index < -0.39 is 11.6 Å². The van der Waals surface area contributed by atoms with E-state index in [1.165, 1.54) is 68.9 Å². The van der Waals surface area contributed by atoms with Crippen molar-refractivity contribution in [3.63, 3.8) is 0 Å². The second-order valence-electron chi connectivity index (χ2n) is 11.2. The summed E-state index contributed by atoms with van der Waals surface area (Å²) in [4.78, 5) is 20.2. The molecule has 7 heteroatoms. The van der Waals surface area contributed by atoms with Crippen molar-refractivity contribution >= 4 is 30.1 Å². The van der Waals surface area contributed by atoms with Gasteiger partial charge in [0.05, 0.1) is 5.69 Å². The first-order valence-electron chi connectivity index (χ1n) is 18.8. The van der Waals surface area contributed by atoms with Crippen LogP contribution in [-0.4, -0.2) is 22.4 Å². The Hall–Kier alpha value is -3.87. The van der Waals surface area contributed by atoms with Crippen LogP contribution >= 0.6 is 0 Å². The molecule has 0 saturated carbocycles. The first-order chi connectivity index (χ1) is 24.0. The van der Waals surface area contributed by atoms with Crippen molar-refractivity contribution in [1.82, 2.24) is 15.3 Å². The van der Waals surface area contributed by atoms with E-state index in [-0.39, 0.29) is 17.4 Å². The molecule has 0 spiro atoms. The number of hydrogen-bond acceptors (Lipinski definition) is 4. The van der Waals surface area contributed by atoms with E-state index in [4.69, 9.17) is 0 Å². The molecule has 0 radical (unpaired) electrons. The van der Waals surface area contributed by atoms with E-state index in [0.29, 0.717) is 23.5 Å². The summed E-state index contributed by atoms with van der Waals surface area (Å²) >= 11 is 0. The molecule has 5 nitrogen and oxygen atoms in total. The first-order valence-corrected chi connectivity index (χ1v) is 18.8. The van der Waals surface area contributed by atoms with E-state index in [0.717, 1.165) is 28.8 Å². The zero-order valence-corrected chi connectivity index (χ0v) is 34.0. The summed E-state index contributed by atoms with van der Waals surface area (Å²) in [5, 5.41) is 5.96. The topological polar surface area (TPSA) is 66.9 Å². The quantitative estimate of drug-likeness (QED) is 0.146. The van der Waals surface area contributed by atoms with Crippen molar-refractivity contribution in [2.75, 3.05) is 5.32 Å². The van der Waals surface area contributed by atoms with Gasteiger partial charge in [-0.1, -0.05) is 139 Å². The number of amides is 1. The second kappa shape index (κ2) is 32.3. The number of aryl methyl sites for hydroxylation is 2. The molecule has 0 bridgehead atoms. The number of halogens is 2. The Balaban J connectivity index is -0.00000117. The van der Waals surface area contributed by atoms with Crippen LogP contribution in [-0.2, 0) is 4.79 Å². The fourth-order valence-corrected chi connectivity index (χ4v) is 3.99. The molecule has 0 fully saturated rings. The molecule has 1 amide bonds. The van der Waals surface area contributed by atoms with E-state index in [1.54, 1.807) is 6.92 Å². The van der Waals surface area contributed by atoms with Gasteiger partial charge in [-0.05, 0) is 68.7 Å². The minimum Gasteiger partial charge on any atom is -0.383 e. The number of rotatable bonds is 12. The van der Waals surface area contributed by atoms with Crippen molar-refractivity contribution in [3.05, 3.63) is 82.7 Å². The Morgan fingerprint density at radius 3 is 1.78 bits per heavy atom. The number of benzene rings is 2. The smallest absolute Gasteiger partial charge is 0.212 e. The van der Waals surface area contributed by atoms with Crippen molar-refractivity contribution in [2.45, 2.75) is 148 Å². The van der Waals surface area contributed by atoms with Crippen LogP contribution in [0.1, 0.15) is 156 Å². The fraction of sp³-hybridized carbons (Fsp3) is 0.512. The highest BCUT2D eigenvalue weighted by Crippen LogP contribution is 2.33. The lowest BCUT2D eigenvalue weighted by Crippen LogP contribution is -2.23. The molecule has 0 saturated heterocycles. The molecule has 1 unspecified atom stereocenters. The Bertz CT molecular complexity index is 1330. The summed E-state index contributed by atoms with van der Waals surface area (Å²) in [6, 6.07) is 9.82. The van der Waals surface area contributed by atoms with Gasteiger partial charge in [0, 0.05) is 28.4 Å². The third kappa shape index (κ3) is 20.0. The van der Waals surface area contributed by atoms with Gasteiger partial charge >= 0.3 is 0 Å². The highest BCUT2D eigenvalue weighted by Gasteiger charge is 2.17. The molecular formula is C43H70F2N4O. The molecular weight excluding hydrogens is 626 g/mol. The van der Waals surface area contributed by atoms with Crippen LogP contribution in [0.5, 0.6) is 0 Å². The lowest BCUT2D eigenvalue weighted by molar-refractivity contribution is -0.105. The Labute approximate surface area is 305 Å². The van der Waals surface area contributed by atoms with Gasteiger partial charge in [0.15, 0.2) is 0 Å². The summed E-state index contributed by atoms with van der Waals surface area (Å²) in [6.07, 6.45) is 12.3. The average molecular weight is 697 g/mol. The number of carbonyl (C=O) groups is 1. The van der Waals surface area contributed by atoms with Crippen molar-refractivity contribution < 1.29 is 13.6 Å². The standard InChI is InChI=1S/C27H28F2N4O.C6H14.2C3H8.2C2H6/c1-6-17(3)31-18(4)20-11-10-16(2)23(14-20)26-22(27(30-15-34)33-19(5)32-26)13-12-21-24(28)8-7-9-25(21)29;1-3-5-6-4-2;2*1-3-2;2*1-2/h7-15,17,31H,4,6H2,1-3,5H3,(H,30,32,33,34);3-6H2,1-2H3;2*3H2,1-2H3;2*1-2H3/b13-12-;;;;;. The van der Waals surface area contributed by atoms with Crippen molar-refractivity contribution in [2.24, 2.45) is 0 Å². The lowest BCUT2D eigenvalue weighted by atomic mass is 9.97. The highest BCUT2D eigenvalue weighted by atomic mass is 19.1. The molecule has 0 aliphatic carbocycles. The predicted octanol–water partition coefficient (Wildman–Crippen LogP) is 13.6. The third-order valence-electron chi connectivity index (χ3n) is 6.50. The normalized spacial score (nSPS) is 10.2. The van der Waals surface area contributed by atoms with Crippen LogP contribution in [0, 0.1) is 25.5 Å². The number of nitrogens with zero attached hydrogens (tertiary/aromatic N) is 2. The SMILES string of the molecule is C=C(NC(C)CC)c1ccc(C)c(-c2nc(C)nc(NC=O)c2/C=C\c2c(F)cccc2F)c1.CC.CC.CCC.CCC.CCCCCC. The van der Waals surface area contributed by atoms with Crippen LogP contribution < -0.4 is 10.6 Å². The summed E-state index contributed by atoms with van der Waals surface area (Å²) in [5.41, 5.74) is 4.15. The Kier molecular flexibility index (Phi) is 32.7. The minimum absolute atomic E-state index is 0.192. The Morgan fingerprint density at radius 2 is 1.32 bits per heavy atom. The minimum atomic E-state index is -0.693. The zero-order valence-electron chi connectivity index (χ0n) is 34.0. The molecule has 2 N–H and O–H groups in total. The summed E-state index contributed by atoms with van der Waals surface area (Å²) < 4.78 is 28.4. The van der Waals surface area contributed by atoms with Gasteiger partial charge < -0.3 is 10.6 Å². The molecule has 1 heterocycles. The number of anilines is 1. The monoisotopic (exact) mass is 697 g/mol. The molecule has 50 heavy (non-hydrogen) atoms. The second-order valence-corrected chi connectivity index (χ2v) is 11.2. The van der Waals surface area contributed by atoms with E-state index in [9.17, 15) is 13.6 Å². The van der Waals surface area contributed by atoms with Crippen molar-refractivity contribution in [3.8, 4) is 11.3 Å². The molecule has 2 aromatic carbocycles. The van der Waals surface area contributed by atoms with Gasteiger partial charge in [-0.25, -0.2) is 18.7 Å². The number of unbranched alkanes of at least 4 members (excludes halogenated alkanes) is 3. The summed E-state index contributed by atoms with van der Waals surface area (Å²) in [6.45, 7) is 33.0. The summed E-state index contributed by atoms with van der Waals surface area (Å²) in [5.74, 6) is -0.704. The number of carbonyl (C=O) groups excluding carboxylic acids is 1. The Morgan fingerprint density at radius 1 is 0.820 bits per heavy atom. The zero-order chi connectivity index (χ0) is 39.1. The number of nitrogens with one attached hydrogen (secondary N) is 2. The maximum atomic E-state index is 14.2. The maximum absolute atomic E-state index is 14.2. The van der Waals surface area contributed by atoms with Gasteiger partial charge in [0.1, 0.15) is 23.3 Å². The van der Waals surface area contributed by atoms with E-state index in [1.807, 2.05) is 52.8 Å².